The molecule has 0 aromatic carbocycles. The van der Waals surface area contributed by atoms with Crippen LogP contribution in [0.1, 0.15) is 33.1 Å². The monoisotopic (exact) mass is 402 g/mol. The predicted molar refractivity (Wildman–Crippen MR) is 95.0 cm³/mol. The van der Waals surface area contributed by atoms with Crippen molar-refractivity contribution in [2.24, 2.45) is 17.2 Å². The number of nitrogens with one attached hydrogen (secondary N) is 3. The number of nitrogens with two attached hydrogens (primary N) is 3. The Bertz CT molecular complexity index is 636. The summed E-state index contributed by atoms with van der Waals surface area (Å²) in [5.74, 6) is -5.57. The number of hydrogen-bond donors (Lipinski definition) is 7. The highest BCUT2D eigenvalue weighted by molar-refractivity contribution is 5.96. The molecule has 13 nitrogen and oxygen atoms in total. The van der Waals surface area contributed by atoms with E-state index >= 15 is 0 Å². The minimum absolute atomic E-state index is 0.283. The van der Waals surface area contributed by atoms with Crippen LogP contribution in [0.3, 0.4) is 0 Å². The molecule has 0 fully saturated rings. The van der Waals surface area contributed by atoms with E-state index in [0.717, 1.165) is 0 Å². The molecule has 0 saturated carbocycles. The van der Waals surface area contributed by atoms with Crippen LogP contribution >= 0.6 is 0 Å². The van der Waals surface area contributed by atoms with Crippen LogP contribution in [0.2, 0.25) is 0 Å². The van der Waals surface area contributed by atoms with Crippen LogP contribution in [-0.2, 0) is 28.8 Å². The van der Waals surface area contributed by atoms with Crippen molar-refractivity contribution in [3.05, 3.63) is 0 Å². The molecule has 158 valence electrons. The molecule has 0 aliphatic heterocycles. The Hall–Kier alpha value is -3.22. The third-order valence-electron chi connectivity index (χ3n) is 3.50. The van der Waals surface area contributed by atoms with Crippen molar-refractivity contribution in [3.63, 3.8) is 0 Å². The Morgan fingerprint density at radius 1 is 0.821 bits per heavy atom. The van der Waals surface area contributed by atoms with Crippen molar-refractivity contribution in [1.82, 2.24) is 16.0 Å². The van der Waals surface area contributed by atoms with Gasteiger partial charge in [-0.15, -0.1) is 0 Å². The Kier molecular flexibility index (Phi) is 10.2. The van der Waals surface area contributed by atoms with E-state index in [1.165, 1.54) is 13.8 Å². The Balaban J connectivity index is 5.12. The van der Waals surface area contributed by atoms with E-state index in [-0.39, 0.29) is 12.8 Å². The normalized spacial score (nSPS) is 14.7. The van der Waals surface area contributed by atoms with Crippen molar-refractivity contribution in [2.75, 3.05) is 0 Å². The van der Waals surface area contributed by atoms with E-state index in [4.69, 9.17) is 22.3 Å². The number of primary amides is 2. The minimum Gasteiger partial charge on any atom is -0.480 e. The van der Waals surface area contributed by atoms with E-state index in [1.54, 1.807) is 0 Å². The van der Waals surface area contributed by atoms with Crippen LogP contribution in [-0.4, -0.2) is 64.8 Å². The molecule has 0 aromatic rings. The summed E-state index contributed by atoms with van der Waals surface area (Å²) in [4.78, 5) is 69.2. The van der Waals surface area contributed by atoms with Crippen LogP contribution in [0.5, 0.6) is 0 Å². The third kappa shape index (κ3) is 9.47. The van der Waals surface area contributed by atoms with Gasteiger partial charge in [-0.05, 0) is 20.3 Å². The lowest BCUT2D eigenvalue weighted by molar-refractivity contribution is -0.142. The lowest BCUT2D eigenvalue weighted by Crippen LogP contribution is -2.56. The molecule has 5 amide bonds. The average Bonchev–Trinajstić information content (AvgIpc) is 2.56. The van der Waals surface area contributed by atoms with Gasteiger partial charge >= 0.3 is 5.97 Å². The molecule has 13 heteroatoms. The molecule has 4 unspecified atom stereocenters. The zero-order valence-corrected chi connectivity index (χ0v) is 15.6. The SMILES string of the molecule is CC(N)C(=O)NC(C)C(=O)NC(CC(N)=O)C(=O)NC(CCC(N)=O)C(=O)O. The van der Waals surface area contributed by atoms with Gasteiger partial charge in [-0.1, -0.05) is 0 Å². The molecule has 0 aliphatic rings. The number of amides is 5. The lowest BCUT2D eigenvalue weighted by atomic mass is 10.1. The number of carboxylic acid groups (broad SMARTS) is 1. The summed E-state index contributed by atoms with van der Waals surface area (Å²) in [6, 6.07) is -4.93. The number of rotatable bonds is 12. The summed E-state index contributed by atoms with van der Waals surface area (Å²) in [6.07, 6.45) is -1.20. The second-order valence-electron chi connectivity index (χ2n) is 6.15. The number of aliphatic carboxylic acids is 1. The molecule has 0 radical (unpaired) electrons. The number of carboxylic acids is 1. The fraction of sp³-hybridized carbons (Fsp3) is 0.600. The van der Waals surface area contributed by atoms with Gasteiger partial charge in [0.05, 0.1) is 12.5 Å². The van der Waals surface area contributed by atoms with E-state index < -0.39 is 66.1 Å². The fourth-order valence-corrected chi connectivity index (χ4v) is 1.93. The first-order chi connectivity index (χ1) is 12.8. The van der Waals surface area contributed by atoms with Crippen LogP contribution in [0.25, 0.3) is 0 Å². The number of carbonyl (C=O) groups is 6. The van der Waals surface area contributed by atoms with Gasteiger partial charge in [0.1, 0.15) is 18.1 Å². The topological polar surface area (TPSA) is 237 Å². The fourth-order valence-electron chi connectivity index (χ4n) is 1.93. The zero-order chi connectivity index (χ0) is 22.0. The quantitative estimate of drug-likeness (QED) is 0.169. The molecule has 28 heavy (non-hydrogen) atoms. The van der Waals surface area contributed by atoms with Crippen LogP contribution in [0, 0.1) is 0 Å². The van der Waals surface area contributed by atoms with Gasteiger partial charge in [0, 0.05) is 6.42 Å². The maximum absolute atomic E-state index is 12.3. The maximum atomic E-state index is 12.3. The van der Waals surface area contributed by atoms with Crippen molar-refractivity contribution in [3.8, 4) is 0 Å². The Labute approximate surface area is 160 Å². The second kappa shape index (κ2) is 11.5. The first-order valence-corrected chi connectivity index (χ1v) is 8.31. The van der Waals surface area contributed by atoms with Gasteiger partial charge in [-0.3, -0.25) is 24.0 Å². The van der Waals surface area contributed by atoms with Crippen LogP contribution < -0.4 is 33.2 Å². The summed E-state index contributed by atoms with van der Waals surface area (Å²) < 4.78 is 0. The maximum Gasteiger partial charge on any atom is 0.326 e. The molecular formula is C15H26N6O7. The third-order valence-corrected chi connectivity index (χ3v) is 3.50. The molecule has 0 spiro atoms. The van der Waals surface area contributed by atoms with Gasteiger partial charge in [0.2, 0.25) is 29.5 Å². The van der Waals surface area contributed by atoms with Crippen molar-refractivity contribution in [1.29, 1.82) is 0 Å². The number of carbonyl (C=O) groups excluding carboxylic acids is 5. The zero-order valence-electron chi connectivity index (χ0n) is 15.6. The molecular weight excluding hydrogens is 376 g/mol. The van der Waals surface area contributed by atoms with Crippen molar-refractivity contribution >= 4 is 35.5 Å². The van der Waals surface area contributed by atoms with E-state index in [0.29, 0.717) is 0 Å². The van der Waals surface area contributed by atoms with Gasteiger partial charge < -0.3 is 38.3 Å². The minimum atomic E-state index is -1.49. The standard InChI is InChI=1S/C15H26N6O7/c1-6(16)12(24)19-7(2)13(25)21-9(5-11(18)23)14(26)20-8(15(27)28)3-4-10(17)22/h6-9H,3-5,16H2,1-2H3,(H2,17,22)(H2,18,23)(H,19,24)(H,20,26)(H,21,25)(H,27,28). The average molecular weight is 402 g/mol. The molecule has 0 rings (SSSR count). The summed E-state index contributed by atoms with van der Waals surface area (Å²) in [7, 11) is 0. The van der Waals surface area contributed by atoms with Crippen LogP contribution in [0.4, 0.5) is 0 Å². The largest absolute Gasteiger partial charge is 0.480 e. The first-order valence-electron chi connectivity index (χ1n) is 8.31. The van der Waals surface area contributed by atoms with Gasteiger partial charge in [-0.25, -0.2) is 4.79 Å². The highest BCUT2D eigenvalue weighted by Crippen LogP contribution is 2.01. The number of hydrogen-bond acceptors (Lipinski definition) is 7. The molecule has 0 bridgehead atoms. The summed E-state index contributed by atoms with van der Waals surface area (Å²) in [5.41, 5.74) is 15.4. The molecule has 0 saturated heterocycles. The summed E-state index contributed by atoms with van der Waals surface area (Å²) in [5, 5.41) is 15.7. The highest BCUT2D eigenvalue weighted by atomic mass is 16.4. The lowest BCUT2D eigenvalue weighted by Gasteiger charge is -2.22. The first kappa shape index (κ1) is 24.8. The Morgan fingerprint density at radius 2 is 1.36 bits per heavy atom. The highest BCUT2D eigenvalue weighted by Gasteiger charge is 2.29. The van der Waals surface area contributed by atoms with Gasteiger partial charge in [-0.2, -0.15) is 0 Å². The molecule has 10 N–H and O–H groups in total. The van der Waals surface area contributed by atoms with E-state index in [2.05, 4.69) is 16.0 Å². The molecule has 0 heterocycles. The Morgan fingerprint density at radius 3 is 1.79 bits per heavy atom. The van der Waals surface area contributed by atoms with Gasteiger partial charge in [0.25, 0.3) is 0 Å². The van der Waals surface area contributed by atoms with E-state index in [9.17, 15) is 28.8 Å². The smallest absolute Gasteiger partial charge is 0.326 e. The molecule has 0 aromatic heterocycles. The van der Waals surface area contributed by atoms with Crippen molar-refractivity contribution in [2.45, 2.75) is 57.3 Å². The summed E-state index contributed by atoms with van der Waals surface area (Å²) in [6.45, 7) is 2.73. The van der Waals surface area contributed by atoms with Crippen molar-refractivity contribution < 1.29 is 33.9 Å². The van der Waals surface area contributed by atoms with E-state index in [1.807, 2.05) is 0 Å². The predicted octanol–water partition coefficient (Wildman–Crippen LogP) is -3.97. The molecule has 4 atom stereocenters. The molecule has 0 aliphatic carbocycles. The van der Waals surface area contributed by atoms with Gasteiger partial charge in [0.15, 0.2) is 0 Å². The second-order valence-corrected chi connectivity index (χ2v) is 6.15. The summed E-state index contributed by atoms with van der Waals surface area (Å²) >= 11 is 0. The van der Waals surface area contributed by atoms with Crippen LogP contribution in [0.15, 0.2) is 0 Å².